The molecular formula is C13H17NO3. The topological polar surface area (TPSA) is 57.6 Å². The van der Waals surface area contributed by atoms with Crippen LogP contribution in [0.4, 0.5) is 5.69 Å². The smallest absolute Gasteiger partial charge is 0.323 e. The van der Waals surface area contributed by atoms with Crippen molar-refractivity contribution in [3.8, 4) is 0 Å². The fourth-order valence-corrected chi connectivity index (χ4v) is 1.55. The number of hydrogen-bond donors (Lipinski definition) is 1. The number of aryl methyl sites for hydroxylation is 1. The normalized spacial score (nSPS) is 11.9. The number of benzene rings is 1. The Bertz CT molecular complexity index is 411. The number of carbonyl (C=O) groups is 2. The lowest BCUT2D eigenvalue weighted by Gasteiger charge is -2.28. The highest BCUT2D eigenvalue weighted by Crippen LogP contribution is 2.18. The summed E-state index contributed by atoms with van der Waals surface area (Å²) in [6.45, 7) is 4.96. The molecule has 0 fully saturated rings. The zero-order chi connectivity index (χ0) is 13.0. The second kappa shape index (κ2) is 5.48. The molecule has 1 aromatic rings. The molecule has 1 unspecified atom stereocenters. The standard InChI is InChI=1S/C13H17NO3/c1-9-4-6-12(7-5-9)14(8-13(16)17)10(2)11(3)15/h4-7,10H,8H2,1-3H3,(H,16,17). The van der Waals surface area contributed by atoms with E-state index < -0.39 is 12.0 Å². The third-order valence-corrected chi connectivity index (χ3v) is 2.73. The number of aliphatic carboxylic acids is 1. The maximum absolute atomic E-state index is 11.4. The maximum atomic E-state index is 11.4. The maximum Gasteiger partial charge on any atom is 0.323 e. The molecule has 0 amide bonds. The minimum atomic E-state index is -0.946. The highest BCUT2D eigenvalue weighted by Gasteiger charge is 2.20. The molecule has 17 heavy (non-hydrogen) atoms. The van der Waals surface area contributed by atoms with Gasteiger partial charge in [-0.3, -0.25) is 9.59 Å². The van der Waals surface area contributed by atoms with Crippen LogP contribution >= 0.6 is 0 Å². The SMILES string of the molecule is CC(=O)C(C)N(CC(=O)O)c1ccc(C)cc1. The lowest BCUT2D eigenvalue weighted by molar-refractivity contribution is -0.135. The minimum Gasteiger partial charge on any atom is -0.480 e. The van der Waals surface area contributed by atoms with Crippen molar-refractivity contribution >= 4 is 17.4 Å². The Morgan fingerprint density at radius 1 is 1.29 bits per heavy atom. The molecule has 0 radical (unpaired) electrons. The molecule has 1 aromatic carbocycles. The van der Waals surface area contributed by atoms with E-state index >= 15 is 0 Å². The average Bonchev–Trinajstić information content (AvgIpc) is 2.26. The van der Waals surface area contributed by atoms with Gasteiger partial charge < -0.3 is 10.0 Å². The number of rotatable bonds is 5. The van der Waals surface area contributed by atoms with Crippen LogP contribution in [0.3, 0.4) is 0 Å². The molecule has 0 aromatic heterocycles. The predicted octanol–water partition coefficient (Wildman–Crippen LogP) is 1.86. The fourth-order valence-electron chi connectivity index (χ4n) is 1.55. The molecule has 92 valence electrons. The van der Waals surface area contributed by atoms with Crippen LogP contribution in [0.5, 0.6) is 0 Å². The Morgan fingerprint density at radius 2 is 1.82 bits per heavy atom. The summed E-state index contributed by atoms with van der Waals surface area (Å²) in [7, 11) is 0. The Balaban J connectivity index is 3.01. The summed E-state index contributed by atoms with van der Waals surface area (Å²) in [5.41, 5.74) is 1.85. The number of carboxylic acids is 1. The summed E-state index contributed by atoms with van der Waals surface area (Å²) >= 11 is 0. The summed E-state index contributed by atoms with van der Waals surface area (Å²) in [6.07, 6.45) is 0. The van der Waals surface area contributed by atoms with E-state index in [4.69, 9.17) is 5.11 Å². The van der Waals surface area contributed by atoms with Crippen molar-refractivity contribution in [2.24, 2.45) is 0 Å². The van der Waals surface area contributed by atoms with Gasteiger partial charge in [0, 0.05) is 5.69 Å². The van der Waals surface area contributed by atoms with Crippen molar-refractivity contribution in [3.63, 3.8) is 0 Å². The van der Waals surface area contributed by atoms with Crippen molar-refractivity contribution < 1.29 is 14.7 Å². The van der Waals surface area contributed by atoms with Crippen LogP contribution in [-0.4, -0.2) is 29.4 Å². The number of nitrogens with zero attached hydrogens (tertiary/aromatic N) is 1. The third-order valence-electron chi connectivity index (χ3n) is 2.73. The molecule has 0 aliphatic carbocycles. The number of carbonyl (C=O) groups excluding carboxylic acids is 1. The highest BCUT2D eigenvalue weighted by atomic mass is 16.4. The molecule has 0 saturated heterocycles. The largest absolute Gasteiger partial charge is 0.480 e. The minimum absolute atomic E-state index is 0.0492. The summed E-state index contributed by atoms with van der Waals surface area (Å²) in [4.78, 5) is 23.8. The number of ketones is 1. The van der Waals surface area contributed by atoms with E-state index in [9.17, 15) is 9.59 Å². The number of hydrogen-bond acceptors (Lipinski definition) is 3. The summed E-state index contributed by atoms with van der Waals surface area (Å²) in [5, 5.41) is 8.88. The number of anilines is 1. The second-order valence-electron chi connectivity index (χ2n) is 4.14. The van der Waals surface area contributed by atoms with E-state index in [2.05, 4.69) is 0 Å². The van der Waals surface area contributed by atoms with Crippen molar-refractivity contribution in [3.05, 3.63) is 29.8 Å². The van der Waals surface area contributed by atoms with E-state index in [0.29, 0.717) is 0 Å². The van der Waals surface area contributed by atoms with Crippen molar-refractivity contribution in [2.75, 3.05) is 11.4 Å². The van der Waals surface area contributed by atoms with Gasteiger partial charge in [0.1, 0.15) is 6.54 Å². The summed E-state index contributed by atoms with van der Waals surface area (Å²) in [6, 6.07) is 7.03. The van der Waals surface area contributed by atoms with Gasteiger partial charge in [-0.2, -0.15) is 0 Å². The summed E-state index contributed by atoms with van der Waals surface area (Å²) < 4.78 is 0. The molecule has 4 heteroatoms. The molecule has 0 aliphatic rings. The van der Waals surface area contributed by atoms with Gasteiger partial charge >= 0.3 is 5.97 Å². The molecule has 0 aliphatic heterocycles. The average molecular weight is 235 g/mol. The predicted molar refractivity (Wildman–Crippen MR) is 66.3 cm³/mol. The van der Waals surface area contributed by atoms with Crippen LogP contribution in [-0.2, 0) is 9.59 Å². The van der Waals surface area contributed by atoms with E-state index in [-0.39, 0.29) is 12.3 Å². The molecule has 0 spiro atoms. The van der Waals surface area contributed by atoms with E-state index in [1.54, 1.807) is 11.8 Å². The monoisotopic (exact) mass is 235 g/mol. The van der Waals surface area contributed by atoms with Gasteiger partial charge in [0.25, 0.3) is 0 Å². The third kappa shape index (κ3) is 3.59. The Labute approximate surface area is 101 Å². The lowest BCUT2D eigenvalue weighted by Crippen LogP contribution is -2.41. The molecule has 0 saturated carbocycles. The molecule has 4 nitrogen and oxygen atoms in total. The van der Waals surface area contributed by atoms with Gasteiger partial charge in [-0.05, 0) is 32.9 Å². The molecule has 1 atom stereocenters. The van der Waals surface area contributed by atoms with E-state index in [1.165, 1.54) is 6.92 Å². The quantitative estimate of drug-likeness (QED) is 0.846. The zero-order valence-electron chi connectivity index (χ0n) is 10.3. The second-order valence-corrected chi connectivity index (χ2v) is 4.14. The van der Waals surface area contributed by atoms with Gasteiger partial charge in [-0.15, -0.1) is 0 Å². The van der Waals surface area contributed by atoms with Gasteiger partial charge in [-0.25, -0.2) is 0 Å². The molecule has 0 heterocycles. The first-order chi connectivity index (χ1) is 7.91. The Hall–Kier alpha value is -1.84. The van der Waals surface area contributed by atoms with Crippen molar-refractivity contribution in [2.45, 2.75) is 26.8 Å². The number of Topliss-reactive ketones (excluding diaryl/α,β-unsaturated/α-hetero) is 1. The molecule has 1 N–H and O–H groups in total. The van der Waals surface area contributed by atoms with Crippen molar-refractivity contribution in [1.82, 2.24) is 0 Å². The fraction of sp³-hybridized carbons (Fsp3) is 0.385. The Kier molecular flexibility index (Phi) is 4.26. The van der Waals surface area contributed by atoms with E-state index in [1.807, 2.05) is 31.2 Å². The van der Waals surface area contributed by atoms with Crippen LogP contribution in [0.1, 0.15) is 19.4 Å². The van der Waals surface area contributed by atoms with Gasteiger partial charge in [0.15, 0.2) is 5.78 Å². The van der Waals surface area contributed by atoms with Crippen LogP contribution in [0.25, 0.3) is 0 Å². The first kappa shape index (κ1) is 13.2. The Morgan fingerprint density at radius 3 is 2.24 bits per heavy atom. The van der Waals surface area contributed by atoms with Crippen LogP contribution in [0.15, 0.2) is 24.3 Å². The van der Waals surface area contributed by atoms with Crippen LogP contribution in [0.2, 0.25) is 0 Å². The molecule has 1 rings (SSSR count). The van der Waals surface area contributed by atoms with Crippen LogP contribution < -0.4 is 4.90 Å². The molecule has 0 bridgehead atoms. The van der Waals surface area contributed by atoms with E-state index in [0.717, 1.165) is 11.3 Å². The summed E-state index contributed by atoms with van der Waals surface area (Å²) in [5.74, 6) is -0.995. The van der Waals surface area contributed by atoms with Gasteiger partial charge in [-0.1, -0.05) is 17.7 Å². The molecular weight excluding hydrogens is 218 g/mol. The van der Waals surface area contributed by atoms with Crippen molar-refractivity contribution in [1.29, 1.82) is 0 Å². The highest BCUT2D eigenvalue weighted by molar-refractivity contribution is 5.86. The number of carboxylic acid groups (broad SMARTS) is 1. The first-order valence-electron chi connectivity index (χ1n) is 5.47. The van der Waals surface area contributed by atoms with Gasteiger partial charge in [0.2, 0.25) is 0 Å². The van der Waals surface area contributed by atoms with Gasteiger partial charge in [0.05, 0.1) is 6.04 Å². The zero-order valence-corrected chi connectivity index (χ0v) is 10.3. The first-order valence-corrected chi connectivity index (χ1v) is 5.47. The lowest BCUT2D eigenvalue weighted by atomic mass is 10.1. The van der Waals surface area contributed by atoms with Crippen LogP contribution in [0, 0.1) is 6.92 Å².